The number of rotatable bonds is 4. The summed E-state index contributed by atoms with van der Waals surface area (Å²) in [6.45, 7) is 2.11. The number of pyridine rings is 1. The number of likely N-dealkylation sites (tertiary alicyclic amines) is 1. The Bertz CT molecular complexity index is 1090. The molecular formula is C20H17F4N5O3. The second kappa shape index (κ2) is 8.52. The second-order valence-corrected chi connectivity index (χ2v) is 7.16. The molecule has 0 saturated carbocycles. The minimum atomic E-state index is -4.60. The third-order valence-electron chi connectivity index (χ3n) is 5.09. The standard InChI is InChI=1S/C20H17F4N5O3/c1-11-14(32-16-10-26-15(9-27-16)20(22,23)24)3-2-5-29(11)19(30)13-7-12(21)8-28-17(13)18-25-4-6-31-18/h4,6-11,14H,2-3,5H2,1H3/t11-,14+/m0/s1. The van der Waals surface area contributed by atoms with E-state index in [0.717, 1.165) is 18.5 Å². The van der Waals surface area contributed by atoms with Gasteiger partial charge in [-0.25, -0.2) is 24.3 Å². The Hall–Kier alpha value is -3.57. The van der Waals surface area contributed by atoms with Gasteiger partial charge in [-0.2, -0.15) is 13.2 Å². The zero-order chi connectivity index (χ0) is 22.9. The molecule has 4 rings (SSSR count). The fourth-order valence-corrected chi connectivity index (χ4v) is 3.50. The topological polar surface area (TPSA) is 94.2 Å². The molecule has 8 nitrogen and oxygen atoms in total. The molecule has 0 bridgehead atoms. The van der Waals surface area contributed by atoms with Crippen molar-refractivity contribution >= 4 is 5.91 Å². The molecule has 0 aliphatic carbocycles. The van der Waals surface area contributed by atoms with E-state index in [1.807, 2.05) is 0 Å². The highest BCUT2D eigenvalue weighted by Gasteiger charge is 2.36. The summed E-state index contributed by atoms with van der Waals surface area (Å²) in [7, 11) is 0. The van der Waals surface area contributed by atoms with Crippen molar-refractivity contribution in [2.75, 3.05) is 6.54 Å². The molecule has 1 fully saturated rings. The van der Waals surface area contributed by atoms with E-state index in [0.29, 0.717) is 25.6 Å². The van der Waals surface area contributed by atoms with E-state index in [4.69, 9.17) is 9.15 Å². The Morgan fingerprint density at radius 1 is 1.19 bits per heavy atom. The van der Waals surface area contributed by atoms with Crippen molar-refractivity contribution in [3.8, 4) is 17.5 Å². The molecule has 0 radical (unpaired) electrons. The van der Waals surface area contributed by atoms with Gasteiger partial charge in [-0.3, -0.25) is 4.79 Å². The van der Waals surface area contributed by atoms with Crippen LogP contribution in [0.15, 0.2) is 41.5 Å². The van der Waals surface area contributed by atoms with E-state index in [-0.39, 0.29) is 23.0 Å². The smallest absolute Gasteiger partial charge is 0.434 e. The summed E-state index contributed by atoms with van der Waals surface area (Å²) in [5.41, 5.74) is -1.05. The molecule has 1 aliphatic rings. The van der Waals surface area contributed by atoms with Gasteiger partial charge in [-0.1, -0.05) is 0 Å². The first-order valence-electron chi connectivity index (χ1n) is 9.66. The summed E-state index contributed by atoms with van der Waals surface area (Å²) in [4.78, 5) is 29.7. The number of halogens is 4. The zero-order valence-electron chi connectivity index (χ0n) is 16.7. The van der Waals surface area contributed by atoms with Crippen LogP contribution in [0, 0.1) is 5.82 Å². The van der Waals surface area contributed by atoms with Crippen LogP contribution >= 0.6 is 0 Å². The maximum Gasteiger partial charge on any atom is 0.434 e. The Kier molecular flexibility index (Phi) is 5.76. The molecule has 1 amide bonds. The molecule has 0 unspecified atom stereocenters. The van der Waals surface area contributed by atoms with E-state index in [1.165, 1.54) is 17.4 Å². The highest BCUT2D eigenvalue weighted by atomic mass is 19.4. The Balaban J connectivity index is 1.54. The van der Waals surface area contributed by atoms with Crippen LogP contribution in [-0.2, 0) is 6.18 Å². The normalized spacial score (nSPS) is 19.1. The van der Waals surface area contributed by atoms with Crippen molar-refractivity contribution in [3.63, 3.8) is 0 Å². The largest absolute Gasteiger partial charge is 0.471 e. The first-order chi connectivity index (χ1) is 15.2. The van der Waals surface area contributed by atoms with Crippen LogP contribution in [0.4, 0.5) is 17.6 Å². The fraction of sp³-hybridized carbons (Fsp3) is 0.350. The van der Waals surface area contributed by atoms with E-state index in [1.54, 1.807) is 6.92 Å². The lowest BCUT2D eigenvalue weighted by Crippen LogP contribution is -2.51. The van der Waals surface area contributed by atoms with Crippen molar-refractivity contribution in [1.29, 1.82) is 0 Å². The van der Waals surface area contributed by atoms with Crippen LogP contribution in [0.25, 0.3) is 11.6 Å². The maximum atomic E-state index is 13.9. The van der Waals surface area contributed by atoms with Crippen molar-refractivity contribution in [2.45, 2.75) is 38.1 Å². The molecule has 0 aromatic carbocycles. The van der Waals surface area contributed by atoms with E-state index in [2.05, 4.69) is 19.9 Å². The number of nitrogens with zero attached hydrogens (tertiary/aromatic N) is 5. The molecule has 32 heavy (non-hydrogen) atoms. The van der Waals surface area contributed by atoms with Crippen LogP contribution in [0.3, 0.4) is 0 Å². The van der Waals surface area contributed by atoms with Gasteiger partial charge in [0.15, 0.2) is 5.69 Å². The number of aromatic nitrogens is 4. The SMILES string of the molecule is C[C@H]1[C@H](Oc2cnc(C(F)(F)F)cn2)CCCN1C(=O)c1cc(F)cnc1-c1ncco1. The summed E-state index contributed by atoms with van der Waals surface area (Å²) in [6.07, 6.45) is 1.09. The van der Waals surface area contributed by atoms with Crippen LogP contribution < -0.4 is 4.74 Å². The lowest BCUT2D eigenvalue weighted by Gasteiger charge is -2.39. The lowest BCUT2D eigenvalue weighted by molar-refractivity contribution is -0.141. The van der Waals surface area contributed by atoms with Gasteiger partial charge in [0.25, 0.3) is 5.91 Å². The summed E-state index contributed by atoms with van der Waals surface area (Å²) < 4.78 is 62.8. The van der Waals surface area contributed by atoms with Crippen molar-refractivity contribution in [2.24, 2.45) is 0 Å². The number of hydrogen-bond donors (Lipinski definition) is 0. The number of hydrogen-bond acceptors (Lipinski definition) is 7. The first kappa shape index (κ1) is 21.7. The average molecular weight is 451 g/mol. The van der Waals surface area contributed by atoms with Crippen molar-refractivity contribution in [1.82, 2.24) is 24.8 Å². The monoisotopic (exact) mass is 451 g/mol. The minimum absolute atomic E-state index is 0.0192. The summed E-state index contributed by atoms with van der Waals surface area (Å²) in [5.74, 6) is -1.20. The van der Waals surface area contributed by atoms with E-state index in [9.17, 15) is 22.4 Å². The molecule has 1 aliphatic heterocycles. The number of ether oxygens (including phenoxy) is 1. The van der Waals surface area contributed by atoms with Gasteiger partial charge in [0.2, 0.25) is 11.8 Å². The van der Waals surface area contributed by atoms with Gasteiger partial charge < -0.3 is 14.1 Å². The molecule has 0 spiro atoms. The van der Waals surface area contributed by atoms with Crippen LogP contribution in [0.5, 0.6) is 5.88 Å². The highest BCUT2D eigenvalue weighted by molar-refractivity contribution is 5.99. The summed E-state index contributed by atoms with van der Waals surface area (Å²) in [6, 6.07) is 0.578. The van der Waals surface area contributed by atoms with Gasteiger partial charge in [0.1, 0.15) is 23.9 Å². The quantitative estimate of drug-likeness (QED) is 0.558. The molecule has 3 aromatic rings. The van der Waals surface area contributed by atoms with Gasteiger partial charge in [0.05, 0.1) is 36.4 Å². The molecule has 12 heteroatoms. The number of amides is 1. The molecule has 168 valence electrons. The van der Waals surface area contributed by atoms with Gasteiger partial charge >= 0.3 is 6.18 Å². The van der Waals surface area contributed by atoms with E-state index >= 15 is 0 Å². The number of oxazole rings is 1. The number of piperidine rings is 1. The van der Waals surface area contributed by atoms with E-state index < -0.39 is 35.7 Å². The maximum absolute atomic E-state index is 13.9. The zero-order valence-corrected chi connectivity index (χ0v) is 16.7. The second-order valence-electron chi connectivity index (χ2n) is 7.16. The van der Waals surface area contributed by atoms with Crippen molar-refractivity contribution in [3.05, 3.63) is 54.2 Å². The summed E-state index contributed by atoms with van der Waals surface area (Å²) >= 11 is 0. The van der Waals surface area contributed by atoms with Crippen LogP contribution in [0.1, 0.15) is 35.8 Å². The third kappa shape index (κ3) is 4.39. The van der Waals surface area contributed by atoms with Gasteiger partial charge in [0, 0.05) is 6.54 Å². The molecule has 0 N–H and O–H groups in total. The van der Waals surface area contributed by atoms with Crippen molar-refractivity contribution < 1.29 is 31.5 Å². The Morgan fingerprint density at radius 2 is 2.00 bits per heavy atom. The van der Waals surface area contributed by atoms with Crippen LogP contribution in [0.2, 0.25) is 0 Å². The predicted octanol–water partition coefficient (Wildman–Crippen LogP) is 3.76. The first-order valence-corrected chi connectivity index (χ1v) is 9.66. The summed E-state index contributed by atoms with van der Waals surface area (Å²) in [5, 5.41) is 0. The third-order valence-corrected chi connectivity index (χ3v) is 5.09. The number of carbonyl (C=O) groups is 1. The Labute approximate surface area is 179 Å². The number of alkyl halides is 3. The van der Waals surface area contributed by atoms with Crippen LogP contribution in [-0.4, -0.2) is 49.4 Å². The predicted molar refractivity (Wildman–Crippen MR) is 101 cm³/mol. The highest BCUT2D eigenvalue weighted by Crippen LogP contribution is 2.29. The Morgan fingerprint density at radius 3 is 2.66 bits per heavy atom. The van der Waals surface area contributed by atoms with Gasteiger partial charge in [-0.15, -0.1) is 0 Å². The van der Waals surface area contributed by atoms with Gasteiger partial charge in [-0.05, 0) is 25.8 Å². The average Bonchev–Trinajstić information content (AvgIpc) is 3.29. The molecule has 1 saturated heterocycles. The molecule has 2 atom stereocenters. The molecule has 4 heterocycles. The minimum Gasteiger partial charge on any atom is -0.471 e. The fourth-order valence-electron chi connectivity index (χ4n) is 3.50. The molecular weight excluding hydrogens is 434 g/mol. The molecule has 3 aromatic heterocycles. The number of carbonyl (C=O) groups excluding carboxylic acids is 1. The lowest BCUT2D eigenvalue weighted by atomic mass is 9.98.